The first kappa shape index (κ1) is 16.4. The molecule has 124 valence electrons. The molecular weight excluding hydrogens is 332 g/mol. The van der Waals surface area contributed by atoms with E-state index < -0.39 is 0 Å². The van der Waals surface area contributed by atoms with E-state index in [2.05, 4.69) is 15.3 Å². The number of carbonyl (C=O) groups is 2. The van der Waals surface area contributed by atoms with Crippen molar-refractivity contribution in [2.75, 3.05) is 30.0 Å². The summed E-state index contributed by atoms with van der Waals surface area (Å²) in [5.41, 5.74) is 1.99. The minimum atomic E-state index is -0.219. The molecule has 7 nitrogen and oxygen atoms in total. The number of hydrogen-bond donors (Lipinski definition) is 1. The molecular formula is C16H15ClN4O3. The van der Waals surface area contributed by atoms with Gasteiger partial charge in [0.2, 0.25) is 5.91 Å². The topological polar surface area (TPSA) is 84.4 Å². The fourth-order valence-electron chi connectivity index (χ4n) is 2.36. The van der Waals surface area contributed by atoms with Crippen molar-refractivity contribution in [3.05, 3.63) is 35.6 Å². The van der Waals surface area contributed by atoms with Crippen molar-refractivity contribution in [1.29, 1.82) is 0 Å². The zero-order valence-electron chi connectivity index (χ0n) is 13.0. The van der Waals surface area contributed by atoms with Crippen LogP contribution in [0.3, 0.4) is 0 Å². The van der Waals surface area contributed by atoms with Crippen LogP contribution in [0.1, 0.15) is 6.92 Å². The van der Waals surface area contributed by atoms with Crippen molar-refractivity contribution >= 4 is 34.9 Å². The molecule has 3 heterocycles. The third kappa shape index (κ3) is 3.52. The number of anilines is 2. The van der Waals surface area contributed by atoms with E-state index >= 15 is 0 Å². The first-order valence-electron chi connectivity index (χ1n) is 7.32. The van der Waals surface area contributed by atoms with Gasteiger partial charge >= 0.3 is 0 Å². The van der Waals surface area contributed by atoms with E-state index in [0.717, 1.165) is 0 Å². The fraction of sp³-hybridized carbons (Fsp3) is 0.250. The molecule has 1 fully saturated rings. The molecule has 2 aromatic rings. The molecule has 1 aliphatic rings. The van der Waals surface area contributed by atoms with Gasteiger partial charge in [-0.1, -0.05) is 11.6 Å². The summed E-state index contributed by atoms with van der Waals surface area (Å²) in [6.07, 6.45) is 3.17. The molecule has 2 aromatic heterocycles. The molecule has 0 radical (unpaired) electrons. The smallest absolute Gasteiger partial charge is 0.253 e. The van der Waals surface area contributed by atoms with Crippen LogP contribution in [0.25, 0.3) is 11.3 Å². The van der Waals surface area contributed by atoms with Gasteiger partial charge < -0.3 is 15.0 Å². The Morgan fingerprint density at radius 1 is 1.33 bits per heavy atom. The summed E-state index contributed by atoms with van der Waals surface area (Å²) in [7, 11) is 0. The van der Waals surface area contributed by atoms with Gasteiger partial charge in [-0.3, -0.25) is 14.6 Å². The van der Waals surface area contributed by atoms with Crippen LogP contribution in [-0.4, -0.2) is 41.5 Å². The molecule has 0 aromatic carbocycles. The maximum Gasteiger partial charge on any atom is 0.253 e. The van der Waals surface area contributed by atoms with Gasteiger partial charge in [-0.2, -0.15) is 0 Å². The number of carbonyl (C=O) groups excluding carboxylic acids is 2. The Morgan fingerprint density at radius 3 is 2.79 bits per heavy atom. The van der Waals surface area contributed by atoms with Crippen LogP contribution < -0.4 is 10.2 Å². The minimum absolute atomic E-state index is 0.0854. The molecule has 24 heavy (non-hydrogen) atoms. The molecule has 0 bridgehead atoms. The lowest BCUT2D eigenvalue weighted by Crippen LogP contribution is -2.41. The van der Waals surface area contributed by atoms with Crippen LogP contribution in [0, 0.1) is 0 Å². The fourth-order valence-corrected chi connectivity index (χ4v) is 2.61. The Labute approximate surface area is 143 Å². The predicted molar refractivity (Wildman–Crippen MR) is 90.0 cm³/mol. The summed E-state index contributed by atoms with van der Waals surface area (Å²) in [6, 6.07) is 5.15. The highest BCUT2D eigenvalue weighted by Crippen LogP contribution is 2.28. The number of aromatic nitrogens is 2. The largest absolute Gasteiger partial charge is 0.370 e. The monoisotopic (exact) mass is 346 g/mol. The van der Waals surface area contributed by atoms with Gasteiger partial charge in [-0.05, 0) is 12.1 Å². The molecule has 3 rings (SSSR count). The summed E-state index contributed by atoms with van der Waals surface area (Å²) < 4.78 is 5.11. The van der Waals surface area contributed by atoms with Gasteiger partial charge in [0.25, 0.3) is 5.91 Å². The summed E-state index contributed by atoms with van der Waals surface area (Å²) in [5.74, 6) is 0.0749. The van der Waals surface area contributed by atoms with Crippen LogP contribution in [-0.2, 0) is 14.3 Å². The van der Waals surface area contributed by atoms with Gasteiger partial charge in [0.1, 0.15) is 12.4 Å². The molecule has 0 atom stereocenters. The highest BCUT2D eigenvalue weighted by atomic mass is 35.5. The predicted octanol–water partition coefficient (Wildman–Crippen LogP) is 2.12. The van der Waals surface area contributed by atoms with E-state index in [0.29, 0.717) is 40.9 Å². The molecule has 1 aliphatic heterocycles. The summed E-state index contributed by atoms with van der Waals surface area (Å²) in [5, 5.41) is 3.00. The zero-order chi connectivity index (χ0) is 17.1. The van der Waals surface area contributed by atoms with E-state index in [1.165, 1.54) is 6.92 Å². The van der Waals surface area contributed by atoms with E-state index in [9.17, 15) is 9.59 Å². The Hall–Kier alpha value is -2.51. The normalized spacial score (nSPS) is 14.6. The van der Waals surface area contributed by atoms with Gasteiger partial charge in [0.15, 0.2) is 0 Å². The molecule has 0 unspecified atom stereocenters. The minimum Gasteiger partial charge on any atom is -0.370 e. The van der Waals surface area contributed by atoms with Crippen LogP contribution in [0.5, 0.6) is 0 Å². The van der Waals surface area contributed by atoms with Crippen molar-refractivity contribution < 1.29 is 14.3 Å². The molecule has 0 aliphatic carbocycles. The second-order valence-corrected chi connectivity index (χ2v) is 5.64. The van der Waals surface area contributed by atoms with Crippen molar-refractivity contribution in [2.24, 2.45) is 0 Å². The number of pyridine rings is 2. The van der Waals surface area contributed by atoms with Gasteiger partial charge in [-0.15, -0.1) is 0 Å². The SMILES string of the molecule is CC(=O)Nc1cc(Cl)c(-c2ccc(N3CCOCC3=O)cn2)cn1. The maximum atomic E-state index is 11.8. The second-order valence-electron chi connectivity index (χ2n) is 5.23. The zero-order valence-corrected chi connectivity index (χ0v) is 13.7. The molecule has 0 saturated carbocycles. The van der Waals surface area contributed by atoms with Gasteiger partial charge in [0, 0.05) is 31.3 Å². The Balaban J connectivity index is 1.83. The van der Waals surface area contributed by atoms with Crippen molar-refractivity contribution in [3.8, 4) is 11.3 Å². The highest BCUT2D eigenvalue weighted by Gasteiger charge is 2.20. The lowest BCUT2D eigenvalue weighted by atomic mass is 10.2. The summed E-state index contributed by atoms with van der Waals surface area (Å²) in [4.78, 5) is 33.0. The Morgan fingerprint density at radius 2 is 2.17 bits per heavy atom. The molecule has 0 spiro atoms. The number of nitrogens with zero attached hydrogens (tertiary/aromatic N) is 3. The van der Waals surface area contributed by atoms with Crippen LogP contribution in [0.2, 0.25) is 5.02 Å². The first-order valence-corrected chi connectivity index (χ1v) is 7.70. The molecule has 1 saturated heterocycles. The molecule has 2 amide bonds. The van der Waals surface area contributed by atoms with Gasteiger partial charge in [-0.25, -0.2) is 4.98 Å². The van der Waals surface area contributed by atoms with Crippen LogP contribution in [0.15, 0.2) is 30.6 Å². The number of ether oxygens (including phenoxy) is 1. The van der Waals surface area contributed by atoms with Crippen molar-refractivity contribution in [2.45, 2.75) is 6.92 Å². The van der Waals surface area contributed by atoms with Gasteiger partial charge in [0.05, 0.1) is 29.2 Å². The van der Waals surface area contributed by atoms with E-state index in [1.54, 1.807) is 29.4 Å². The van der Waals surface area contributed by atoms with E-state index in [1.807, 2.05) is 6.07 Å². The first-order chi connectivity index (χ1) is 11.5. The van der Waals surface area contributed by atoms with Crippen LogP contribution >= 0.6 is 11.6 Å². The molecule has 8 heteroatoms. The maximum absolute atomic E-state index is 11.8. The number of morpholine rings is 1. The Bertz CT molecular complexity index is 779. The number of halogens is 1. The number of nitrogens with one attached hydrogen (secondary N) is 1. The van der Waals surface area contributed by atoms with Crippen LogP contribution in [0.4, 0.5) is 11.5 Å². The quantitative estimate of drug-likeness (QED) is 0.920. The number of rotatable bonds is 3. The van der Waals surface area contributed by atoms with E-state index in [4.69, 9.17) is 16.3 Å². The number of hydrogen-bond acceptors (Lipinski definition) is 5. The summed E-state index contributed by atoms with van der Waals surface area (Å²) >= 11 is 6.25. The Kier molecular flexibility index (Phi) is 4.73. The summed E-state index contributed by atoms with van der Waals surface area (Å²) in [6.45, 7) is 2.50. The third-order valence-corrected chi connectivity index (χ3v) is 3.79. The lowest BCUT2D eigenvalue weighted by Gasteiger charge is -2.26. The second kappa shape index (κ2) is 6.94. The average molecular weight is 347 g/mol. The third-order valence-electron chi connectivity index (χ3n) is 3.48. The number of amides is 2. The molecule has 1 N–H and O–H groups in total. The lowest BCUT2D eigenvalue weighted by molar-refractivity contribution is -0.125. The van der Waals surface area contributed by atoms with Crippen molar-refractivity contribution in [3.63, 3.8) is 0 Å². The van der Waals surface area contributed by atoms with E-state index in [-0.39, 0.29) is 18.4 Å². The standard InChI is InChI=1S/C16H15ClN4O3/c1-10(22)20-15-6-13(17)12(8-19-15)14-3-2-11(7-18-14)21-4-5-24-9-16(21)23/h2-3,6-8H,4-5,9H2,1H3,(H,19,20,22). The highest BCUT2D eigenvalue weighted by molar-refractivity contribution is 6.33. The van der Waals surface area contributed by atoms with Crippen molar-refractivity contribution in [1.82, 2.24) is 9.97 Å². The average Bonchev–Trinajstić information content (AvgIpc) is 2.55.